The van der Waals surface area contributed by atoms with E-state index in [1.54, 1.807) is 0 Å². The van der Waals surface area contributed by atoms with Crippen LogP contribution < -0.4 is 5.14 Å². The monoisotopic (exact) mass is 380 g/mol. The maximum absolute atomic E-state index is 11.4. The van der Waals surface area contributed by atoms with Crippen molar-refractivity contribution >= 4 is 21.6 Å². The van der Waals surface area contributed by atoms with E-state index in [1.807, 2.05) is 37.3 Å². The van der Waals surface area contributed by atoms with E-state index in [9.17, 15) is 8.42 Å². The molecule has 134 valence electrons. The molecule has 1 aliphatic heterocycles. The Hall–Kier alpha value is -1.54. The SMILES string of the molecule is Cc1cc(CN2CCCC2CS(N)(=O)=O)nc(-c2ccc(Cl)cc2)n1. The molecule has 0 amide bonds. The van der Waals surface area contributed by atoms with Gasteiger partial charge in [-0.15, -0.1) is 0 Å². The molecule has 1 aromatic carbocycles. The second-order valence-electron chi connectivity index (χ2n) is 6.43. The molecule has 25 heavy (non-hydrogen) atoms. The standard InChI is InChI=1S/C17H21ClN4O2S/c1-12-9-15(10-22-8-2-3-16(22)11-25(19,23)24)21-17(20-12)13-4-6-14(18)7-5-13/h4-7,9,16H,2-3,8,10-11H2,1H3,(H2,19,23,24). The zero-order valence-corrected chi connectivity index (χ0v) is 15.6. The third-order valence-corrected chi connectivity index (χ3v) is 5.40. The summed E-state index contributed by atoms with van der Waals surface area (Å²) in [7, 11) is -3.48. The molecule has 1 aliphatic rings. The molecule has 1 aromatic heterocycles. The Bertz CT molecular complexity index is 855. The Labute approximate surface area is 153 Å². The van der Waals surface area contributed by atoms with Gasteiger partial charge in [0.1, 0.15) is 0 Å². The molecular formula is C17H21ClN4O2S. The molecule has 2 N–H and O–H groups in total. The minimum absolute atomic E-state index is 0.0128. The van der Waals surface area contributed by atoms with Crippen molar-refractivity contribution in [1.29, 1.82) is 0 Å². The normalized spacial score (nSPS) is 18.6. The number of rotatable bonds is 5. The summed E-state index contributed by atoms with van der Waals surface area (Å²) < 4.78 is 22.8. The number of primary sulfonamides is 1. The minimum Gasteiger partial charge on any atom is -0.293 e. The molecule has 2 heterocycles. The van der Waals surface area contributed by atoms with Gasteiger partial charge in [-0.25, -0.2) is 23.5 Å². The lowest BCUT2D eigenvalue weighted by Crippen LogP contribution is -2.37. The maximum Gasteiger partial charge on any atom is 0.210 e. The Balaban J connectivity index is 1.82. The fourth-order valence-corrected chi connectivity index (χ4v) is 4.25. The largest absolute Gasteiger partial charge is 0.293 e. The van der Waals surface area contributed by atoms with E-state index in [2.05, 4.69) is 14.9 Å². The van der Waals surface area contributed by atoms with Crippen LogP contribution >= 0.6 is 11.6 Å². The van der Waals surface area contributed by atoms with Crippen LogP contribution in [0.4, 0.5) is 0 Å². The molecule has 0 saturated carbocycles. The fourth-order valence-electron chi connectivity index (χ4n) is 3.21. The minimum atomic E-state index is -3.48. The quantitative estimate of drug-likeness (QED) is 0.860. The van der Waals surface area contributed by atoms with Gasteiger partial charge < -0.3 is 0 Å². The van der Waals surface area contributed by atoms with Gasteiger partial charge >= 0.3 is 0 Å². The number of benzene rings is 1. The molecule has 0 spiro atoms. The van der Waals surface area contributed by atoms with Gasteiger partial charge in [-0.3, -0.25) is 4.90 Å². The van der Waals surface area contributed by atoms with E-state index in [0.29, 0.717) is 17.4 Å². The van der Waals surface area contributed by atoms with Crippen LogP contribution in [0, 0.1) is 6.92 Å². The predicted octanol–water partition coefficient (Wildman–Crippen LogP) is 2.36. The van der Waals surface area contributed by atoms with Gasteiger partial charge in [-0.1, -0.05) is 11.6 Å². The van der Waals surface area contributed by atoms with Crippen molar-refractivity contribution < 1.29 is 8.42 Å². The molecule has 8 heteroatoms. The second-order valence-corrected chi connectivity index (χ2v) is 8.52. The molecule has 0 radical (unpaired) electrons. The van der Waals surface area contributed by atoms with Crippen molar-refractivity contribution in [3.05, 3.63) is 46.7 Å². The predicted molar refractivity (Wildman–Crippen MR) is 98.6 cm³/mol. The van der Waals surface area contributed by atoms with Gasteiger partial charge in [-0.05, 0) is 56.6 Å². The smallest absolute Gasteiger partial charge is 0.210 e. The van der Waals surface area contributed by atoms with Crippen LogP contribution in [-0.2, 0) is 16.6 Å². The van der Waals surface area contributed by atoms with Crippen molar-refractivity contribution in [1.82, 2.24) is 14.9 Å². The van der Waals surface area contributed by atoms with Crippen molar-refractivity contribution in [2.75, 3.05) is 12.3 Å². The molecule has 0 bridgehead atoms. The first-order chi connectivity index (χ1) is 11.8. The number of nitrogens with zero attached hydrogens (tertiary/aromatic N) is 3. The Morgan fingerprint density at radius 1 is 1.28 bits per heavy atom. The summed E-state index contributed by atoms with van der Waals surface area (Å²) in [6, 6.07) is 9.28. The van der Waals surface area contributed by atoms with Crippen LogP contribution in [0.5, 0.6) is 0 Å². The highest BCUT2D eigenvalue weighted by atomic mass is 35.5. The molecular weight excluding hydrogens is 360 g/mol. The van der Waals surface area contributed by atoms with Gasteiger partial charge in [0.25, 0.3) is 0 Å². The number of sulfonamides is 1. The number of nitrogens with two attached hydrogens (primary N) is 1. The summed E-state index contributed by atoms with van der Waals surface area (Å²) in [6.45, 7) is 3.36. The Morgan fingerprint density at radius 3 is 2.68 bits per heavy atom. The van der Waals surface area contributed by atoms with Gasteiger partial charge in [0.2, 0.25) is 10.0 Å². The lowest BCUT2D eigenvalue weighted by molar-refractivity contribution is 0.258. The molecule has 1 atom stereocenters. The zero-order chi connectivity index (χ0) is 18.0. The average molecular weight is 381 g/mol. The van der Waals surface area contributed by atoms with Crippen LogP contribution in [0.2, 0.25) is 5.02 Å². The van der Waals surface area contributed by atoms with E-state index in [4.69, 9.17) is 16.7 Å². The van der Waals surface area contributed by atoms with Gasteiger partial charge in [0.15, 0.2) is 5.82 Å². The summed E-state index contributed by atoms with van der Waals surface area (Å²) in [5, 5.41) is 5.88. The van der Waals surface area contributed by atoms with Crippen molar-refractivity contribution in [3.63, 3.8) is 0 Å². The molecule has 3 rings (SSSR count). The summed E-state index contributed by atoms with van der Waals surface area (Å²) in [4.78, 5) is 11.3. The molecule has 1 saturated heterocycles. The molecule has 1 unspecified atom stereocenters. The van der Waals surface area contributed by atoms with E-state index >= 15 is 0 Å². The summed E-state index contributed by atoms with van der Waals surface area (Å²) in [5.41, 5.74) is 2.65. The van der Waals surface area contributed by atoms with Gasteiger partial charge in [0, 0.05) is 28.9 Å². The number of aromatic nitrogens is 2. The average Bonchev–Trinajstić information content (AvgIpc) is 2.92. The third-order valence-electron chi connectivity index (χ3n) is 4.30. The van der Waals surface area contributed by atoms with Gasteiger partial charge in [-0.2, -0.15) is 0 Å². The van der Waals surface area contributed by atoms with E-state index < -0.39 is 10.0 Å². The van der Waals surface area contributed by atoms with Crippen LogP contribution in [0.3, 0.4) is 0 Å². The number of halogens is 1. The molecule has 6 nitrogen and oxygen atoms in total. The molecule has 0 aliphatic carbocycles. The Kier molecular flexibility index (Phi) is 5.38. The maximum atomic E-state index is 11.4. The zero-order valence-electron chi connectivity index (χ0n) is 14.0. The highest BCUT2D eigenvalue weighted by Gasteiger charge is 2.28. The first kappa shape index (κ1) is 18.3. The summed E-state index contributed by atoms with van der Waals surface area (Å²) in [6.07, 6.45) is 1.80. The van der Waals surface area contributed by atoms with Crippen LogP contribution in [0.15, 0.2) is 30.3 Å². The number of hydrogen-bond acceptors (Lipinski definition) is 5. The van der Waals surface area contributed by atoms with Crippen LogP contribution in [-0.4, -0.2) is 41.6 Å². The van der Waals surface area contributed by atoms with Crippen molar-refractivity contribution in [2.45, 2.75) is 32.4 Å². The molecule has 2 aromatic rings. The van der Waals surface area contributed by atoms with Crippen molar-refractivity contribution in [2.24, 2.45) is 5.14 Å². The lowest BCUT2D eigenvalue weighted by atomic mass is 10.2. The first-order valence-electron chi connectivity index (χ1n) is 8.15. The highest BCUT2D eigenvalue weighted by molar-refractivity contribution is 7.89. The van der Waals surface area contributed by atoms with E-state index in [0.717, 1.165) is 36.3 Å². The van der Waals surface area contributed by atoms with Crippen LogP contribution in [0.25, 0.3) is 11.4 Å². The second kappa shape index (κ2) is 7.37. The number of likely N-dealkylation sites (tertiary alicyclic amines) is 1. The van der Waals surface area contributed by atoms with Crippen molar-refractivity contribution in [3.8, 4) is 11.4 Å². The first-order valence-corrected chi connectivity index (χ1v) is 10.2. The van der Waals surface area contributed by atoms with E-state index in [1.165, 1.54) is 0 Å². The van der Waals surface area contributed by atoms with Gasteiger partial charge in [0.05, 0.1) is 11.4 Å². The fraction of sp³-hybridized carbons (Fsp3) is 0.412. The summed E-state index contributed by atoms with van der Waals surface area (Å²) >= 11 is 5.94. The Morgan fingerprint density at radius 2 is 2.00 bits per heavy atom. The highest BCUT2D eigenvalue weighted by Crippen LogP contribution is 2.23. The number of hydrogen-bond donors (Lipinski definition) is 1. The third kappa shape index (κ3) is 4.98. The number of aryl methyl sites for hydroxylation is 1. The summed E-state index contributed by atoms with van der Waals surface area (Å²) in [5.74, 6) is 0.634. The lowest BCUT2D eigenvalue weighted by Gasteiger charge is -2.23. The topological polar surface area (TPSA) is 89.2 Å². The molecule has 1 fully saturated rings. The van der Waals surface area contributed by atoms with E-state index in [-0.39, 0.29) is 11.8 Å². The van der Waals surface area contributed by atoms with Crippen LogP contribution in [0.1, 0.15) is 24.2 Å².